The van der Waals surface area contributed by atoms with Crippen LogP contribution in [0, 0.1) is 5.82 Å². The van der Waals surface area contributed by atoms with Crippen molar-refractivity contribution >= 4 is 6.09 Å². The fourth-order valence-electron chi connectivity index (χ4n) is 1.81. The zero-order valence-corrected chi connectivity index (χ0v) is 11.4. The number of nitrogens with one attached hydrogen (secondary N) is 1. The Labute approximate surface area is 122 Å². The second kappa shape index (κ2) is 7.40. The summed E-state index contributed by atoms with van der Waals surface area (Å²) in [6.45, 7) is 0.0248. The van der Waals surface area contributed by atoms with Gasteiger partial charge in [-0.05, 0) is 23.3 Å². The number of carbonyl (C=O) groups excluding carboxylic acids is 1. The van der Waals surface area contributed by atoms with E-state index in [1.54, 1.807) is 6.07 Å². The standard InChI is InChI=1S/C16H16FNO3/c17-15-7-6-13(8-14(15)10-19)9-18-16(20)21-11-12-4-2-1-3-5-12/h1-8,19H,9-11H2,(H,18,20). The lowest BCUT2D eigenvalue weighted by molar-refractivity contribution is 0.139. The quantitative estimate of drug-likeness (QED) is 0.889. The van der Waals surface area contributed by atoms with Gasteiger partial charge < -0.3 is 15.2 Å². The summed E-state index contributed by atoms with van der Waals surface area (Å²) in [7, 11) is 0. The summed E-state index contributed by atoms with van der Waals surface area (Å²) in [4.78, 5) is 11.6. The van der Waals surface area contributed by atoms with E-state index in [2.05, 4.69) is 5.32 Å². The summed E-state index contributed by atoms with van der Waals surface area (Å²) in [5.74, 6) is -0.465. The Bertz CT molecular complexity index is 602. The molecule has 21 heavy (non-hydrogen) atoms. The van der Waals surface area contributed by atoms with Gasteiger partial charge in [-0.2, -0.15) is 0 Å². The van der Waals surface area contributed by atoms with E-state index in [-0.39, 0.29) is 25.3 Å². The molecule has 0 aliphatic carbocycles. The van der Waals surface area contributed by atoms with E-state index in [4.69, 9.17) is 9.84 Å². The molecule has 5 heteroatoms. The molecule has 0 atom stereocenters. The number of hydrogen-bond acceptors (Lipinski definition) is 3. The maximum absolute atomic E-state index is 13.2. The van der Waals surface area contributed by atoms with E-state index >= 15 is 0 Å². The summed E-state index contributed by atoms with van der Waals surface area (Å²) in [6.07, 6.45) is -0.547. The second-order valence-electron chi connectivity index (χ2n) is 4.50. The molecule has 2 N–H and O–H groups in total. The van der Waals surface area contributed by atoms with Gasteiger partial charge in [0, 0.05) is 12.1 Å². The molecule has 4 nitrogen and oxygen atoms in total. The van der Waals surface area contributed by atoms with Gasteiger partial charge in [0.05, 0.1) is 6.61 Å². The summed E-state index contributed by atoms with van der Waals surface area (Å²) < 4.78 is 18.3. The highest BCUT2D eigenvalue weighted by Crippen LogP contribution is 2.10. The third-order valence-corrected chi connectivity index (χ3v) is 2.93. The number of ether oxygens (including phenoxy) is 1. The third-order valence-electron chi connectivity index (χ3n) is 2.93. The second-order valence-corrected chi connectivity index (χ2v) is 4.50. The number of alkyl carbamates (subject to hydrolysis) is 1. The Morgan fingerprint density at radius 3 is 2.62 bits per heavy atom. The summed E-state index contributed by atoms with van der Waals surface area (Å²) in [5.41, 5.74) is 1.79. The Hall–Kier alpha value is -2.40. The van der Waals surface area contributed by atoms with Crippen molar-refractivity contribution in [3.05, 3.63) is 71.0 Å². The first-order valence-corrected chi connectivity index (χ1v) is 6.52. The van der Waals surface area contributed by atoms with Crippen LogP contribution in [0.25, 0.3) is 0 Å². The summed E-state index contributed by atoms with van der Waals surface area (Å²) in [6, 6.07) is 13.7. The average molecular weight is 289 g/mol. The van der Waals surface area contributed by atoms with Crippen molar-refractivity contribution in [2.24, 2.45) is 0 Å². The minimum absolute atomic E-state index is 0.192. The highest BCUT2D eigenvalue weighted by Gasteiger charge is 2.05. The van der Waals surface area contributed by atoms with E-state index in [1.807, 2.05) is 30.3 Å². The number of amides is 1. The molecule has 2 rings (SSSR count). The Kier molecular flexibility index (Phi) is 5.29. The molecular weight excluding hydrogens is 273 g/mol. The van der Waals surface area contributed by atoms with Gasteiger partial charge in [0.1, 0.15) is 12.4 Å². The molecular formula is C16H16FNO3. The number of benzene rings is 2. The lowest BCUT2D eigenvalue weighted by Gasteiger charge is -2.08. The molecule has 0 heterocycles. The molecule has 2 aromatic carbocycles. The monoisotopic (exact) mass is 289 g/mol. The zero-order valence-electron chi connectivity index (χ0n) is 11.4. The number of halogens is 1. The molecule has 0 fully saturated rings. The van der Waals surface area contributed by atoms with Crippen LogP contribution < -0.4 is 5.32 Å². The largest absolute Gasteiger partial charge is 0.445 e. The number of hydrogen-bond donors (Lipinski definition) is 2. The molecule has 0 aromatic heterocycles. The van der Waals surface area contributed by atoms with Gasteiger partial charge in [-0.25, -0.2) is 9.18 Å². The highest BCUT2D eigenvalue weighted by molar-refractivity contribution is 5.67. The third kappa shape index (κ3) is 4.57. The SMILES string of the molecule is O=C(NCc1ccc(F)c(CO)c1)OCc1ccccc1. The van der Waals surface area contributed by atoms with Crippen molar-refractivity contribution in [1.82, 2.24) is 5.32 Å². The molecule has 0 saturated carbocycles. The first kappa shape index (κ1) is 15.0. The van der Waals surface area contributed by atoms with Gasteiger partial charge >= 0.3 is 6.09 Å². The van der Waals surface area contributed by atoms with Gasteiger partial charge in [0.25, 0.3) is 0 Å². The zero-order chi connectivity index (χ0) is 15.1. The van der Waals surface area contributed by atoms with Crippen LogP contribution in [0.15, 0.2) is 48.5 Å². The number of aliphatic hydroxyl groups is 1. The number of aliphatic hydroxyl groups excluding tert-OH is 1. The fourth-order valence-corrected chi connectivity index (χ4v) is 1.81. The van der Waals surface area contributed by atoms with Crippen molar-refractivity contribution in [3.8, 4) is 0 Å². The van der Waals surface area contributed by atoms with E-state index in [0.717, 1.165) is 5.56 Å². The van der Waals surface area contributed by atoms with E-state index < -0.39 is 11.9 Å². The number of carbonyl (C=O) groups is 1. The minimum atomic E-state index is -0.547. The van der Waals surface area contributed by atoms with E-state index in [9.17, 15) is 9.18 Å². The van der Waals surface area contributed by atoms with Crippen LogP contribution in [0.4, 0.5) is 9.18 Å². The van der Waals surface area contributed by atoms with Crippen LogP contribution in [-0.4, -0.2) is 11.2 Å². The van der Waals surface area contributed by atoms with E-state index in [1.165, 1.54) is 12.1 Å². The lowest BCUT2D eigenvalue weighted by Crippen LogP contribution is -2.23. The Balaban J connectivity index is 1.81. The maximum atomic E-state index is 13.2. The summed E-state index contributed by atoms with van der Waals surface area (Å²) in [5, 5.41) is 11.6. The predicted octanol–water partition coefficient (Wildman–Crippen LogP) is 2.74. The number of rotatable bonds is 5. The van der Waals surface area contributed by atoms with Crippen LogP contribution in [0.2, 0.25) is 0 Å². The molecule has 0 bridgehead atoms. The molecule has 0 aliphatic heterocycles. The van der Waals surface area contributed by atoms with Crippen LogP contribution in [-0.2, 0) is 24.5 Å². The predicted molar refractivity (Wildman–Crippen MR) is 75.8 cm³/mol. The Morgan fingerprint density at radius 2 is 1.90 bits per heavy atom. The van der Waals surface area contributed by atoms with Gasteiger partial charge in [-0.15, -0.1) is 0 Å². The van der Waals surface area contributed by atoms with Gasteiger partial charge in [-0.3, -0.25) is 0 Å². The lowest BCUT2D eigenvalue weighted by atomic mass is 10.1. The first-order valence-electron chi connectivity index (χ1n) is 6.52. The van der Waals surface area contributed by atoms with Crippen molar-refractivity contribution in [1.29, 1.82) is 0 Å². The fraction of sp³-hybridized carbons (Fsp3) is 0.188. The van der Waals surface area contributed by atoms with Crippen LogP contribution >= 0.6 is 0 Å². The first-order chi connectivity index (χ1) is 10.2. The normalized spacial score (nSPS) is 10.2. The van der Waals surface area contributed by atoms with Crippen molar-refractivity contribution in [2.75, 3.05) is 0 Å². The molecule has 0 saturated heterocycles. The topological polar surface area (TPSA) is 58.6 Å². The summed E-state index contributed by atoms with van der Waals surface area (Å²) >= 11 is 0. The molecule has 0 radical (unpaired) electrons. The Morgan fingerprint density at radius 1 is 1.14 bits per heavy atom. The van der Waals surface area contributed by atoms with Gasteiger partial charge in [0.2, 0.25) is 0 Å². The molecule has 0 aliphatic rings. The van der Waals surface area contributed by atoms with E-state index in [0.29, 0.717) is 5.56 Å². The molecule has 110 valence electrons. The highest BCUT2D eigenvalue weighted by atomic mass is 19.1. The molecule has 0 unspecified atom stereocenters. The molecule has 0 spiro atoms. The maximum Gasteiger partial charge on any atom is 0.407 e. The smallest absolute Gasteiger partial charge is 0.407 e. The van der Waals surface area contributed by atoms with Gasteiger partial charge in [-0.1, -0.05) is 36.4 Å². The van der Waals surface area contributed by atoms with Crippen LogP contribution in [0.3, 0.4) is 0 Å². The average Bonchev–Trinajstić information content (AvgIpc) is 2.53. The van der Waals surface area contributed by atoms with Crippen molar-refractivity contribution in [3.63, 3.8) is 0 Å². The van der Waals surface area contributed by atoms with Gasteiger partial charge in [0.15, 0.2) is 0 Å². The van der Waals surface area contributed by atoms with Crippen molar-refractivity contribution in [2.45, 2.75) is 19.8 Å². The van der Waals surface area contributed by atoms with Crippen LogP contribution in [0.1, 0.15) is 16.7 Å². The minimum Gasteiger partial charge on any atom is -0.445 e. The molecule has 2 aromatic rings. The molecule has 1 amide bonds. The van der Waals surface area contributed by atoms with Crippen LogP contribution in [0.5, 0.6) is 0 Å². The van der Waals surface area contributed by atoms with Crippen molar-refractivity contribution < 1.29 is 19.0 Å².